The molecule has 0 unspecified atom stereocenters. The van der Waals surface area contributed by atoms with Crippen molar-refractivity contribution < 1.29 is 13.3 Å². The highest BCUT2D eigenvalue weighted by Gasteiger charge is 2.42. The summed E-state index contributed by atoms with van der Waals surface area (Å²) in [4.78, 5) is 10.3. The first-order valence-corrected chi connectivity index (χ1v) is 8.09. The van der Waals surface area contributed by atoms with E-state index in [1.54, 1.807) is 6.92 Å². The topological polar surface area (TPSA) is 107 Å². The van der Waals surface area contributed by atoms with Crippen molar-refractivity contribution in [2.75, 3.05) is 12.3 Å². The minimum Gasteiger partial charge on any atom is -0.393 e. The molecule has 0 radical (unpaired) electrons. The maximum absolute atomic E-state index is 12.8. The number of rotatable bonds is 3. The molecule has 1 heterocycles. The Morgan fingerprint density at radius 2 is 2.00 bits per heavy atom. The lowest BCUT2D eigenvalue weighted by molar-refractivity contribution is -0.384. The predicted octanol–water partition coefficient (Wildman–Crippen LogP) is 2.05. The summed E-state index contributed by atoms with van der Waals surface area (Å²) in [6.45, 7) is 5.74. The van der Waals surface area contributed by atoms with Gasteiger partial charge in [-0.1, -0.05) is 0 Å². The highest BCUT2D eigenvalue weighted by atomic mass is 32.2. The summed E-state index contributed by atoms with van der Waals surface area (Å²) >= 11 is 0. The number of hydrogen-bond acceptors (Lipinski definition) is 5. The standard InChI is InChI=1S/C13H19N3O4S/c1-9-7-10(14)11(16(17)18)8-12(9)21(19,20)15-6-4-5-13(15,2)3/h7-8H,4-6,14H2,1-3H3. The fourth-order valence-corrected chi connectivity index (χ4v) is 4.86. The SMILES string of the molecule is Cc1cc(N)c([N+](=O)[O-])cc1S(=O)(=O)N1CCCC1(C)C. The summed E-state index contributed by atoms with van der Waals surface area (Å²) in [5.41, 5.74) is 5.11. The van der Waals surface area contributed by atoms with E-state index in [0.717, 1.165) is 18.9 Å². The quantitative estimate of drug-likeness (QED) is 0.522. The van der Waals surface area contributed by atoms with Gasteiger partial charge in [-0.2, -0.15) is 4.31 Å². The second-order valence-corrected chi connectivity index (χ2v) is 7.76. The lowest BCUT2D eigenvalue weighted by Crippen LogP contribution is -2.42. The number of aryl methyl sites for hydroxylation is 1. The molecule has 1 aliphatic rings. The Balaban J connectivity index is 2.60. The van der Waals surface area contributed by atoms with Crippen LogP contribution in [-0.2, 0) is 10.0 Å². The smallest absolute Gasteiger partial charge is 0.293 e. The molecule has 1 aliphatic heterocycles. The molecule has 7 nitrogen and oxygen atoms in total. The fraction of sp³-hybridized carbons (Fsp3) is 0.538. The average molecular weight is 313 g/mol. The van der Waals surface area contributed by atoms with E-state index >= 15 is 0 Å². The first kappa shape index (κ1) is 15.7. The minimum atomic E-state index is -3.78. The van der Waals surface area contributed by atoms with Crippen molar-refractivity contribution in [3.63, 3.8) is 0 Å². The largest absolute Gasteiger partial charge is 0.393 e. The maximum atomic E-state index is 12.8. The second-order valence-electron chi connectivity index (χ2n) is 5.93. The van der Waals surface area contributed by atoms with E-state index in [-0.39, 0.29) is 16.3 Å². The number of sulfonamides is 1. The van der Waals surface area contributed by atoms with Crippen LogP contribution in [0.1, 0.15) is 32.3 Å². The van der Waals surface area contributed by atoms with Gasteiger partial charge >= 0.3 is 0 Å². The Morgan fingerprint density at radius 1 is 1.38 bits per heavy atom. The molecule has 0 spiro atoms. The third kappa shape index (κ3) is 2.60. The molecule has 0 bridgehead atoms. The van der Waals surface area contributed by atoms with Crippen molar-refractivity contribution in [1.82, 2.24) is 4.31 Å². The zero-order valence-corrected chi connectivity index (χ0v) is 13.1. The molecule has 0 aliphatic carbocycles. The summed E-state index contributed by atoms with van der Waals surface area (Å²) in [5.74, 6) is 0. The van der Waals surface area contributed by atoms with Crippen molar-refractivity contribution >= 4 is 21.4 Å². The van der Waals surface area contributed by atoms with E-state index in [1.165, 1.54) is 10.4 Å². The zero-order valence-electron chi connectivity index (χ0n) is 12.3. The van der Waals surface area contributed by atoms with Crippen LogP contribution in [-0.4, -0.2) is 29.7 Å². The molecule has 2 N–H and O–H groups in total. The summed E-state index contributed by atoms with van der Waals surface area (Å²) in [5, 5.41) is 11.0. The summed E-state index contributed by atoms with van der Waals surface area (Å²) in [7, 11) is -3.78. The van der Waals surface area contributed by atoms with Crippen molar-refractivity contribution in [2.45, 2.75) is 44.0 Å². The van der Waals surface area contributed by atoms with Gasteiger partial charge in [0.2, 0.25) is 10.0 Å². The lowest BCUT2D eigenvalue weighted by atomic mass is 10.0. The number of hydrogen-bond donors (Lipinski definition) is 1. The van der Waals surface area contributed by atoms with Gasteiger partial charge in [0.1, 0.15) is 5.69 Å². The van der Waals surface area contributed by atoms with E-state index in [4.69, 9.17) is 5.73 Å². The van der Waals surface area contributed by atoms with Crippen LogP contribution in [0.25, 0.3) is 0 Å². The van der Waals surface area contributed by atoms with Gasteiger partial charge in [-0.25, -0.2) is 8.42 Å². The van der Waals surface area contributed by atoms with E-state index < -0.39 is 20.5 Å². The molecule has 1 saturated heterocycles. The van der Waals surface area contributed by atoms with Gasteiger partial charge in [-0.15, -0.1) is 0 Å². The van der Waals surface area contributed by atoms with Crippen molar-refractivity contribution in [1.29, 1.82) is 0 Å². The van der Waals surface area contributed by atoms with E-state index in [1.807, 2.05) is 13.8 Å². The van der Waals surface area contributed by atoms with Crippen LogP contribution in [0.3, 0.4) is 0 Å². The lowest BCUT2D eigenvalue weighted by Gasteiger charge is -2.31. The van der Waals surface area contributed by atoms with Crippen molar-refractivity contribution in [2.24, 2.45) is 0 Å². The average Bonchev–Trinajstić information content (AvgIpc) is 2.68. The molecule has 21 heavy (non-hydrogen) atoms. The Labute approximate surface area is 123 Å². The molecule has 2 rings (SSSR count). The van der Waals surface area contributed by atoms with E-state index in [0.29, 0.717) is 12.1 Å². The Bertz CT molecular complexity index is 698. The monoisotopic (exact) mass is 313 g/mol. The highest BCUT2D eigenvalue weighted by molar-refractivity contribution is 7.89. The van der Waals surface area contributed by atoms with Crippen LogP contribution in [0, 0.1) is 17.0 Å². The van der Waals surface area contributed by atoms with Gasteiger partial charge < -0.3 is 5.73 Å². The third-order valence-electron chi connectivity index (χ3n) is 3.91. The zero-order chi connectivity index (χ0) is 16.0. The fourth-order valence-electron chi connectivity index (χ4n) is 2.78. The number of anilines is 1. The number of nitrogens with two attached hydrogens (primary N) is 1. The molecule has 1 aromatic rings. The van der Waals surface area contributed by atoms with Crippen LogP contribution in [0.15, 0.2) is 17.0 Å². The van der Waals surface area contributed by atoms with Gasteiger partial charge in [0.25, 0.3) is 5.69 Å². The second kappa shape index (κ2) is 4.96. The summed E-state index contributed by atoms with van der Waals surface area (Å²) in [6, 6.07) is 2.41. The third-order valence-corrected chi connectivity index (χ3v) is 6.17. The minimum absolute atomic E-state index is 0.0304. The van der Waals surface area contributed by atoms with Gasteiger partial charge in [0.05, 0.1) is 9.82 Å². The van der Waals surface area contributed by atoms with E-state index in [9.17, 15) is 18.5 Å². The van der Waals surface area contributed by atoms with Crippen LogP contribution < -0.4 is 5.73 Å². The van der Waals surface area contributed by atoms with Crippen LogP contribution in [0.4, 0.5) is 11.4 Å². The molecule has 0 saturated carbocycles. The molecule has 0 atom stereocenters. The first-order valence-electron chi connectivity index (χ1n) is 6.65. The molecule has 1 aromatic carbocycles. The van der Waals surface area contributed by atoms with Gasteiger partial charge in [-0.05, 0) is 45.2 Å². The number of benzene rings is 1. The van der Waals surface area contributed by atoms with Crippen molar-refractivity contribution in [3.05, 3.63) is 27.8 Å². The molecular weight excluding hydrogens is 294 g/mol. The predicted molar refractivity (Wildman–Crippen MR) is 79.5 cm³/mol. The molecule has 0 amide bonds. The van der Waals surface area contributed by atoms with E-state index in [2.05, 4.69) is 0 Å². The molecule has 1 fully saturated rings. The Hall–Kier alpha value is -1.67. The summed E-state index contributed by atoms with van der Waals surface area (Å²) < 4.78 is 27.1. The van der Waals surface area contributed by atoms with Gasteiger partial charge in [-0.3, -0.25) is 10.1 Å². The first-order chi connectivity index (χ1) is 9.57. The number of nitro groups is 1. The highest BCUT2D eigenvalue weighted by Crippen LogP contribution is 2.37. The summed E-state index contributed by atoms with van der Waals surface area (Å²) in [6.07, 6.45) is 1.55. The van der Waals surface area contributed by atoms with Crippen LogP contribution >= 0.6 is 0 Å². The van der Waals surface area contributed by atoms with Crippen molar-refractivity contribution in [3.8, 4) is 0 Å². The number of nitrogens with zero attached hydrogens (tertiary/aromatic N) is 2. The number of nitro benzene ring substituents is 1. The Kier molecular flexibility index (Phi) is 3.71. The number of nitrogen functional groups attached to an aromatic ring is 1. The normalized spacial score (nSPS) is 18.8. The van der Waals surface area contributed by atoms with Gasteiger partial charge in [0, 0.05) is 18.2 Å². The molecule has 8 heteroatoms. The Morgan fingerprint density at radius 3 is 2.48 bits per heavy atom. The molecule has 0 aromatic heterocycles. The van der Waals surface area contributed by atoms with Crippen LogP contribution in [0.5, 0.6) is 0 Å². The van der Waals surface area contributed by atoms with Gasteiger partial charge in [0.15, 0.2) is 0 Å². The molecular formula is C13H19N3O4S. The molecule has 116 valence electrons. The maximum Gasteiger partial charge on any atom is 0.293 e. The van der Waals surface area contributed by atoms with Crippen LogP contribution in [0.2, 0.25) is 0 Å².